The van der Waals surface area contributed by atoms with Crippen molar-refractivity contribution < 1.29 is 22.7 Å². The van der Waals surface area contributed by atoms with Crippen molar-refractivity contribution in [3.05, 3.63) is 48.0 Å². The lowest BCUT2D eigenvalue weighted by Crippen LogP contribution is -2.22. The largest absolute Gasteiger partial charge is 0.494 e. The van der Waals surface area contributed by atoms with Crippen LogP contribution in [0.15, 0.2) is 47.4 Å². The fourth-order valence-corrected chi connectivity index (χ4v) is 3.30. The molecular weight excluding hydrogens is 368 g/mol. The van der Waals surface area contributed by atoms with Gasteiger partial charge in [-0.3, -0.25) is 4.79 Å². The van der Waals surface area contributed by atoms with E-state index in [4.69, 9.17) is 9.47 Å². The number of benzene rings is 2. The Kier molecular flexibility index (Phi) is 6.81. The maximum atomic E-state index is 12.7. The lowest BCUT2D eigenvalue weighted by Gasteiger charge is -2.14. The van der Waals surface area contributed by atoms with Crippen LogP contribution in [0.5, 0.6) is 11.5 Å². The van der Waals surface area contributed by atoms with Crippen LogP contribution in [-0.2, 0) is 10.0 Å². The van der Waals surface area contributed by atoms with Crippen molar-refractivity contribution in [3.63, 3.8) is 0 Å². The average molecular weight is 392 g/mol. The maximum Gasteiger partial charge on any atom is 0.255 e. The highest BCUT2D eigenvalue weighted by atomic mass is 32.2. The van der Waals surface area contributed by atoms with Gasteiger partial charge < -0.3 is 14.8 Å². The standard InChI is InChI=1S/C19H24N2O5S/c1-5-25-15-10-11-18(26-6-2)17(13-15)20-19(22)14-8-7-9-16(12-14)27(23,24)21(3)4/h7-13H,5-6H2,1-4H3,(H,20,22). The molecule has 1 amide bonds. The van der Waals surface area contributed by atoms with E-state index in [1.54, 1.807) is 24.3 Å². The molecule has 0 saturated heterocycles. The Morgan fingerprint density at radius 2 is 1.74 bits per heavy atom. The molecule has 0 radical (unpaired) electrons. The zero-order valence-electron chi connectivity index (χ0n) is 15.9. The van der Waals surface area contributed by atoms with Crippen molar-refractivity contribution in [2.75, 3.05) is 32.6 Å². The van der Waals surface area contributed by atoms with Gasteiger partial charge in [0.05, 0.1) is 23.8 Å². The predicted molar refractivity (Wildman–Crippen MR) is 104 cm³/mol. The van der Waals surface area contributed by atoms with E-state index in [1.807, 2.05) is 13.8 Å². The van der Waals surface area contributed by atoms with Crippen molar-refractivity contribution in [3.8, 4) is 11.5 Å². The van der Waals surface area contributed by atoms with E-state index in [0.717, 1.165) is 4.31 Å². The van der Waals surface area contributed by atoms with Crippen LogP contribution in [0, 0.1) is 0 Å². The topological polar surface area (TPSA) is 84.9 Å². The predicted octanol–water partition coefficient (Wildman–Crippen LogP) is 2.99. The van der Waals surface area contributed by atoms with E-state index in [0.29, 0.717) is 30.4 Å². The van der Waals surface area contributed by atoms with E-state index in [-0.39, 0.29) is 10.5 Å². The second kappa shape index (κ2) is 8.88. The van der Waals surface area contributed by atoms with Crippen molar-refractivity contribution in [2.45, 2.75) is 18.7 Å². The minimum absolute atomic E-state index is 0.0493. The van der Waals surface area contributed by atoms with Crippen LogP contribution in [-0.4, -0.2) is 45.9 Å². The molecule has 0 atom stereocenters. The van der Waals surface area contributed by atoms with Gasteiger partial charge in [-0.05, 0) is 44.2 Å². The van der Waals surface area contributed by atoms with E-state index in [1.165, 1.54) is 32.3 Å². The molecule has 0 aliphatic carbocycles. The van der Waals surface area contributed by atoms with Crippen LogP contribution < -0.4 is 14.8 Å². The number of hydrogen-bond donors (Lipinski definition) is 1. The first-order chi connectivity index (χ1) is 12.8. The minimum atomic E-state index is -3.63. The Morgan fingerprint density at radius 3 is 2.37 bits per heavy atom. The third-order valence-corrected chi connectivity index (χ3v) is 5.50. The average Bonchev–Trinajstić information content (AvgIpc) is 2.64. The Labute approximate surface area is 160 Å². The lowest BCUT2D eigenvalue weighted by atomic mass is 10.2. The molecule has 0 aliphatic heterocycles. The molecule has 8 heteroatoms. The Morgan fingerprint density at radius 1 is 1.04 bits per heavy atom. The quantitative estimate of drug-likeness (QED) is 0.746. The number of hydrogen-bond acceptors (Lipinski definition) is 5. The van der Waals surface area contributed by atoms with Crippen molar-refractivity contribution >= 4 is 21.6 Å². The fraction of sp³-hybridized carbons (Fsp3) is 0.316. The van der Waals surface area contributed by atoms with Gasteiger partial charge in [-0.15, -0.1) is 0 Å². The Balaban J connectivity index is 2.33. The molecule has 2 aromatic carbocycles. The summed E-state index contributed by atoms with van der Waals surface area (Å²) in [6.45, 7) is 4.64. The molecule has 27 heavy (non-hydrogen) atoms. The highest BCUT2D eigenvalue weighted by molar-refractivity contribution is 7.89. The van der Waals surface area contributed by atoms with Crippen molar-refractivity contribution in [1.29, 1.82) is 0 Å². The molecule has 0 aliphatic rings. The molecule has 0 unspecified atom stereocenters. The second-order valence-electron chi connectivity index (χ2n) is 5.79. The zero-order valence-corrected chi connectivity index (χ0v) is 16.7. The first kappa shape index (κ1) is 20.7. The molecule has 0 aromatic heterocycles. The summed E-state index contributed by atoms with van der Waals surface area (Å²) in [4.78, 5) is 12.7. The van der Waals surface area contributed by atoms with E-state index < -0.39 is 15.9 Å². The highest BCUT2D eigenvalue weighted by Gasteiger charge is 2.19. The molecular formula is C19H24N2O5S. The number of anilines is 1. The summed E-state index contributed by atoms with van der Waals surface area (Å²) in [6, 6.07) is 11.0. The maximum absolute atomic E-state index is 12.7. The van der Waals surface area contributed by atoms with E-state index >= 15 is 0 Å². The van der Waals surface area contributed by atoms with Crippen molar-refractivity contribution in [2.24, 2.45) is 0 Å². The highest BCUT2D eigenvalue weighted by Crippen LogP contribution is 2.30. The van der Waals surface area contributed by atoms with Crippen LogP contribution in [0.2, 0.25) is 0 Å². The number of nitrogens with zero attached hydrogens (tertiary/aromatic N) is 1. The number of nitrogens with one attached hydrogen (secondary N) is 1. The number of amides is 1. The molecule has 2 rings (SSSR count). The molecule has 0 fully saturated rings. The molecule has 7 nitrogen and oxygen atoms in total. The summed E-state index contributed by atoms with van der Waals surface area (Å²) in [7, 11) is -0.748. The van der Waals surface area contributed by atoms with Gasteiger partial charge in [0.25, 0.3) is 5.91 Å². The van der Waals surface area contributed by atoms with Gasteiger partial charge in [-0.1, -0.05) is 6.07 Å². The van der Waals surface area contributed by atoms with Crippen LogP contribution >= 0.6 is 0 Å². The van der Waals surface area contributed by atoms with Gasteiger partial charge >= 0.3 is 0 Å². The summed E-state index contributed by atoms with van der Waals surface area (Å²) in [5, 5.41) is 2.77. The molecule has 0 bridgehead atoms. The summed E-state index contributed by atoms with van der Waals surface area (Å²) in [5.41, 5.74) is 0.677. The van der Waals surface area contributed by atoms with Gasteiger partial charge in [0.2, 0.25) is 10.0 Å². The molecule has 146 valence electrons. The summed E-state index contributed by atoms with van der Waals surface area (Å²) in [6.07, 6.45) is 0. The summed E-state index contributed by atoms with van der Waals surface area (Å²) in [5.74, 6) is 0.659. The normalized spacial score (nSPS) is 11.3. The molecule has 1 N–H and O–H groups in total. The molecule has 0 spiro atoms. The fourth-order valence-electron chi connectivity index (χ4n) is 2.35. The third-order valence-electron chi connectivity index (χ3n) is 3.68. The van der Waals surface area contributed by atoms with Crippen LogP contribution in [0.25, 0.3) is 0 Å². The smallest absolute Gasteiger partial charge is 0.255 e. The van der Waals surface area contributed by atoms with Gasteiger partial charge in [0.1, 0.15) is 11.5 Å². The van der Waals surface area contributed by atoms with Gasteiger partial charge in [0.15, 0.2) is 0 Å². The first-order valence-corrected chi connectivity index (χ1v) is 9.97. The third kappa shape index (κ3) is 4.99. The number of sulfonamides is 1. The van der Waals surface area contributed by atoms with Crippen LogP contribution in [0.3, 0.4) is 0 Å². The minimum Gasteiger partial charge on any atom is -0.494 e. The van der Waals surface area contributed by atoms with Gasteiger partial charge in [-0.25, -0.2) is 12.7 Å². The van der Waals surface area contributed by atoms with Gasteiger partial charge in [0, 0.05) is 25.7 Å². The van der Waals surface area contributed by atoms with Crippen molar-refractivity contribution in [1.82, 2.24) is 4.31 Å². The van der Waals surface area contributed by atoms with Gasteiger partial charge in [-0.2, -0.15) is 0 Å². The first-order valence-electron chi connectivity index (χ1n) is 8.53. The zero-order chi connectivity index (χ0) is 20.0. The van der Waals surface area contributed by atoms with E-state index in [2.05, 4.69) is 5.32 Å². The Bertz CT molecular complexity index is 910. The Hall–Kier alpha value is -2.58. The van der Waals surface area contributed by atoms with Crippen LogP contribution in [0.1, 0.15) is 24.2 Å². The number of ether oxygens (including phenoxy) is 2. The molecule has 0 heterocycles. The van der Waals surface area contributed by atoms with Crippen LogP contribution in [0.4, 0.5) is 5.69 Å². The number of carbonyl (C=O) groups is 1. The molecule has 2 aromatic rings. The lowest BCUT2D eigenvalue weighted by molar-refractivity contribution is 0.102. The monoisotopic (exact) mass is 392 g/mol. The number of rotatable bonds is 8. The van der Waals surface area contributed by atoms with E-state index in [9.17, 15) is 13.2 Å². The second-order valence-corrected chi connectivity index (χ2v) is 7.95. The number of carbonyl (C=O) groups excluding carboxylic acids is 1. The molecule has 0 saturated carbocycles. The summed E-state index contributed by atoms with van der Waals surface area (Å²) < 4.78 is 36.7. The summed E-state index contributed by atoms with van der Waals surface area (Å²) >= 11 is 0. The SMILES string of the molecule is CCOc1ccc(OCC)c(NC(=O)c2cccc(S(=O)(=O)N(C)C)c2)c1.